The maximum Gasteiger partial charge on any atom is 0.327 e. The Bertz CT molecular complexity index is 540. The molecule has 0 spiro atoms. The molecule has 0 radical (unpaired) electrons. The SMILES string of the molecule is CCC(C)(C)CNc1cnn(CC(=O)OC)c(=O)c1Cl. The zero-order valence-corrected chi connectivity index (χ0v) is 13.0. The molecular weight excluding hydrogens is 282 g/mol. The van der Waals surface area contributed by atoms with Crippen LogP contribution in [0.3, 0.4) is 0 Å². The minimum Gasteiger partial charge on any atom is -0.468 e. The van der Waals surface area contributed by atoms with Crippen molar-refractivity contribution in [3.8, 4) is 0 Å². The predicted octanol–water partition coefficient (Wildman–Crippen LogP) is 1.92. The van der Waals surface area contributed by atoms with Crippen molar-refractivity contribution in [1.29, 1.82) is 0 Å². The number of nitrogens with one attached hydrogen (secondary N) is 1. The Morgan fingerprint density at radius 1 is 1.55 bits per heavy atom. The highest BCUT2D eigenvalue weighted by Gasteiger charge is 2.17. The van der Waals surface area contributed by atoms with Crippen molar-refractivity contribution >= 4 is 23.3 Å². The molecule has 0 saturated heterocycles. The lowest BCUT2D eigenvalue weighted by Crippen LogP contribution is -2.29. The van der Waals surface area contributed by atoms with Crippen molar-refractivity contribution in [3.05, 3.63) is 21.6 Å². The standard InChI is InChI=1S/C13H20ClN3O3/c1-5-13(2,3)8-15-9-6-16-17(7-10(18)20-4)12(19)11(9)14/h6,15H,5,7-8H2,1-4H3. The number of rotatable bonds is 6. The number of esters is 1. The Kier molecular flexibility index (Phi) is 5.56. The van der Waals surface area contributed by atoms with E-state index in [-0.39, 0.29) is 17.0 Å². The van der Waals surface area contributed by atoms with Gasteiger partial charge in [-0.1, -0.05) is 32.4 Å². The predicted molar refractivity (Wildman–Crippen MR) is 78.1 cm³/mol. The van der Waals surface area contributed by atoms with E-state index in [0.717, 1.165) is 11.1 Å². The van der Waals surface area contributed by atoms with Crippen molar-refractivity contribution in [2.45, 2.75) is 33.7 Å². The third-order valence-corrected chi connectivity index (χ3v) is 3.57. The van der Waals surface area contributed by atoms with Gasteiger partial charge in [-0.25, -0.2) is 4.68 Å². The molecule has 0 aromatic carbocycles. The number of methoxy groups -OCH3 is 1. The molecule has 0 aliphatic heterocycles. The largest absolute Gasteiger partial charge is 0.468 e. The zero-order valence-electron chi connectivity index (χ0n) is 12.2. The summed E-state index contributed by atoms with van der Waals surface area (Å²) in [7, 11) is 1.25. The summed E-state index contributed by atoms with van der Waals surface area (Å²) in [6.45, 7) is 6.73. The van der Waals surface area contributed by atoms with Crippen LogP contribution in [0.4, 0.5) is 5.69 Å². The number of halogens is 1. The summed E-state index contributed by atoms with van der Waals surface area (Å²) in [5.41, 5.74) is 0.0418. The number of nitrogens with zero attached hydrogens (tertiary/aromatic N) is 2. The molecule has 0 aliphatic rings. The number of ether oxygens (including phenoxy) is 1. The fraction of sp³-hybridized carbons (Fsp3) is 0.615. The lowest BCUT2D eigenvalue weighted by molar-refractivity contribution is -0.141. The van der Waals surface area contributed by atoms with Gasteiger partial charge in [0.1, 0.15) is 11.6 Å². The maximum atomic E-state index is 12.0. The highest BCUT2D eigenvalue weighted by Crippen LogP contribution is 2.22. The molecule has 0 aliphatic carbocycles. The van der Waals surface area contributed by atoms with E-state index in [4.69, 9.17) is 11.6 Å². The molecule has 0 atom stereocenters. The smallest absolute Gasteiger partial charge is 0.327 e. The third kappa shape index (κ3) is 4.23. The van der Waals surface area contributed by atoms with Gasteiger partial charge in [0.2, 0.25) is 0 Å². The first-order chi connectivity index (χ1) is 9.30. The molecule has 0 fully saturated rings. The van der Waals surface area contributed by atoms with Crippen LogP contribution in [-0.4, -0.2) is 29.4 Å². The first-order valence-corrected chi connectivity index (χ1v) is 6.75. The number of hydrogen-bond donors (Lipinski definition) is 1. The Morgan fingerprint density at radius 3 is 2.75 bits per heavy atom. The molecule has 1 aromatic rings. The van der Waals surface area contributed by atoms with Gasteiger partial charge in [-0.05, 0) is 11.8 Å². The number of hydrogen-bond acceptors (Lipinski definition) is 5. The Hall–Kier alpha value is -1.56. The number of anilines is 1. The fourth-order valence-corrected chi connectivity index (χ4v) is 1.56. The van der Waals surface area contributed by atoms with Crippen molar-refractivity contribution < 1.29 is 9.53 Å². The van der Waals surface area contributed by atoms with E-state index in [1.54, 1.807) is 0 Å². The number of carbonyl (C=O) groups excluding carboxylic acids is 1. The maximum absolute atomic E-state index is 12.0. The average Bonchev–Trinajstić information content (AvgIpc) is 2.43. The molecular formula is C13H20ClN3O3. The Balaban J connectivity index is 2.89. The molecule has 6 nitrogen and oxygen atoms in total. The summed E-state index contributed by atoms with van der Waals surface area (Å²) in [5.74, 6) is -0.552. The van der Waals surface area contributed by atoms with E-state index in [9.17, 15) is 9.59 Å². The quantitative estimate of drug-likeness (QED) is 0.813. The van der Waals surface area contributed by atoms with Crippen LogP contribution in [0.5, 0.6) is 0 Å². The molecule has 1 N–H and O–H groups in total. The van der Waals surface area contributed by atoms with Gasteiger partial charge in [0.05, 0.1) is 19.0 Å². The van der Waals surface area contributed by atoms with Gasteiger partial charge in [0, 0.05) is 6.54 Å². The molecule has 112 valence electrons. The second kappa shape index (κ2) is 6.74. The summed E-state index contributed by atoms with van der Waals surface area (Å²) in [4.78, 5) is 23.1. The van der Waals surface area contributed by atoms with Crippen LogP contribution >= 0.6 is 11.6 Å². The van der Waals surface area contributed by atoms with Crippen LogP contribution < -0.4 is 10.9 Å². The highest BCUT2D eigenvalue weighted by atomic mass is 35.5. The molecule has 20 heavy (non-hydrogen) atoms. The molecule has 0 bridgehead atoms. The van der Waals surface area contributed by atoms with Crippen molar-refractivity contribution in [2.75, 3.05) is 19.0 Å². The minimum atomic E-state index is -0.552. The first-order valence-electron chi connectivity index (χ1n) is 6.37. The topological polar surface area (TPSA) is 73.2 Å². The summed E-state index contributed by atoms with van der Waals surface area (Å²) in [5, 5.41) is 7.05. The van der Waals surface area contributed by atoms with Crippen LogP contribution in [0.2, 0.25) is 5.02 Å². The zero-order chi connectivity index (χ0) is 15.3. The number of aromatic nitrogens is 2. The van der Waals surface area contributed by atoms with Crippen LogP contribution in [0.25, 0.3) is 0 Å². The van der Waals surface area contributed by atoms with E-state index < -0.39 is 11.5 Å². The minimum absolute atomic E-state index is 0.0239. The summed E-state index contributed by atoms with van der Waals surface area (Å²) in [6.07, 6.45) is 2.43. The summed E-state index contributed by atoms with van der Waals surface area (Å²) in [6, 6.07) is 0. The van der Waals surface area contributed by atoms with Gasteiger partial charge in [-0.15, -0.1) is 0 Å². The van der Waals surface area contributed by atoms with Crippen molar-refractivity contribution in [3.63, 3.8) is 0 Å². The van der Waals surface area contributed by atoms with E-state index in [0.29, 0.717) is 12.2 Å². The second-order valence-electron chi connectivity index (χ2n) is 5.28. The molecule has 1 aromatic heterocycles. The normalized spacial score (nSPS) is 11.2. The number of carbonyl (C=O) groups is 1. The summed E-state index contributed by atoms with van der Waals surface area (Å²) < 4.78 is 5.47. The van der Waals surface area contributed by atoms with Gasteiger partial charge < -0.3 is 10.1 Å². The fourth-order valence-electron chi connectivity index (χ4n) is 1.35. The monoisotopic (exact) mass is 301 g/mol. The van der Waals surface area contributed by atoms with Crippen LogP contribution in [0.1, 0.15) is 27.2 Å². The Labute approximate surface area is 123 Å². The van der Waals surface area contributed by atoms with Crippen LogP contribution in [-0.2, 0) is 16.1 Å². The van der Waals surface area contributed by atoms with Crippen molar-refractivity contribution in [1.82, 2.24) is 9.78 Å². The second-order valence-corrected chi connectivity index (χ2v) is 5.66. The molecule has 7 heteroatoms. The average molecular weight is 302 g/mol. The molecule has 0 saturated carbocycles. The van der Waals surface area contributed by atoms with Gasteiger partial charge in [0.15, 0.2) is 0 Å². The molecule has 0 unspecified atom stereocenters. The van der Waals surface area contributed by atoms with E-state index in [1.807, 2.05) is 0 Å². The molecule has 0 amide bonds. The molecule has 1 rings (SSSR count). The Morgan fingerprint density at radius 2 is 2.20 bits per heavy atom. The van der Waals surface area contributed by atoms with Crippen molar-refractivity contribution in [2.24, 2.45) is 5.41 Å². The van der Waals surface area contributed by atoms with Crippen LogP contribution in [0, 0.1) is 5.41 Å². The lowest BCUT2D eigenvalue weighted by Gasteiger charge is -2.23. The lowest BCUT2D eigenvalue weighted by atomic mass is 9.90. The molecule has 1 heterocycles. The third-order valence-electron chi connectivity index (χ3n) is 3.21. The van der Waals surface area contributed by atoms with Gasteiger partial charge in [-0.2, -0.15) is 5.10 Å². The van der Waals surface area contributed by atoms with E-state index >= 15 is 0 Å². The highest BCUT2D eigenvalue weighted by molar-refractivity contribution is 6.32. The van der Waals surface area contributed by atoms with Gasteiger partial charge in [0.25, 0.3) is 5.56 Å². The van der Waals surface area contributed by atoms with Crippen LogP contribution in [0.15, 0.2) is 11.0 Å². The van der Waals surface area contributed by atoms with E-state index in [1.165, 1.54) is 13.3 Å². The van der Waals surface area contributed by atoms with E-state index in [2.05, 4.69) is 35.9 Å². The van der Waals surface area contributed by atoms with Gasteiger partial charge in [-0.3, -0.25) is 9.59 Å². The summed E-state index contributed by atoms with van der Waals surface area (Å²) >= 11 is 6.01. The first kappa shape index (κ1) is 16.5. The van der Waals surface area contributed by atoms with Gasteiger partial charge >= 0.3 is 5.97 Å².